The molecule has 0 spiro atoms. The van der Waals surface area contributed by atoms with E-state index in [0.717, 1.165) is 31.0 Å². The number of halogens is 1. The number of nitrogens with one attached hydrogen (secondary N) is 1. The van der Waals surface area contributed by atoms with Crippen molar-refractivity contribution in [2.45, 2.75) is 25.7 Å². The number of likely N-dealkylation sites (tertiary alicyclic amines) is 1. The first-order valence-corrected chi connectivity index (χ1v) is 8.52. The van der Waals surface area contributed by atoms with Gasteiger partial charge >= 0.3 is 0 Å². The molecule has 0 saturated carbocycles. The van der Waals surface area contributed by atoms with Crippen molar-refractivity contribution >= 4 is 23.3 Å². The van der Waals surface area contributed by atoms with Gasteiger partial charge in [0, 0.05) is 31.1 Å². The smallest absolute Gasteiger partial charge is 0.255 e. The van der Waals surface area contributed by atoms with Gasteiger partial charge in [0.2, 0.25) is 0 Å². The number of carbonyl (C=O) groups excluding carboxylic acids is 1. The minimum absolute atomic E-state index is 0.0118. The number of aromatic nitrogens is 2. The summed E-state index contributed by atoms with van der Waals surface area (Å²) in [5.41, 5.74) is 3.04. The van der Waals surface area contributed by atoms with E-state index in [1.54, 1.807) is 13.1 Å². The van der Waals surface area contributed by atoms with E-state index in [0.29, 0.717) is 17.3 Å². The summed E-state index contributed by atoms with van der Waals surface area (Å²) < 4.78 is 0. The molecule has 2 heterocycles. The van der Waals surface area contributed by atoms with E-state index in [9.17, 15) is 4.79 Å². The number of amides is 1. The molecule has 1 aromatic carbocycles. The molecule has 1 aliphatic heterocycles. The van der Waals surface area contributed by atoms with Crippen molar-refractivity contribution in [1.82, 2.24) is 15.1 Å². The predicted octanol–water partition coefficient (Wildman–Crippen LogP) is 3.50. The zero-order valence-corrected chi connectivity index (χ0v) is 14.7. The molecule has 6 heteroatoms. The maximum Gasteiger partial charge on any atom is 0.255 e. The molecular formula is C18H21ClN4O. The van der Waals surface area contributed by atoms with Gasteiger partial charge in [-0.25, -0.2) is 0 Å². The number of nitrogens with zero attached hydrogens (tertiary/aromatic N) is 3. The molecule has 1 atom stereocenters. The molecule has 1 aliphatic rings. The number of piperidine rings is 1. The van der Waals surface area contributed by atoms with E-state index in [-0.39, 0.29) is 5.91 Å². The number of rotatable bonds is 3. The second-order valence-corrected chi connectivity index (χ2v) is 6.61. The summed E-state index contributed by atoms with van der Waals surface area (Å²) in [6, 6.07) is 7.75. The van der Waals surface area contributed by atoms with E-state index in [2.05, 4.69) is 28.5 Å². The minimum atomic E-state index is 0.0118. The average Bonchev–Trinajstić information content (AvgIpc) is 2.61. The van der Waals surface area contributed by atoms with Crippen LogP contribution >= 0.6 is 11.6 Å². The number of benzene rings is 1. The van der Waals surface area contributed by atoms with Crippen LogP contribution in [0, 0.1) is 6.92 Å². The lowest BCUT2D eigenvalue weighted by atomic mass is 9.88. The van der Waals surface area contributed by atoms with Gasteiger partial charge in [-0.05, 0) is 49.1 Å². The Balaban J connectivity index is 1.78. The molecule has 1 amide bonds. The molecule has 1 fully saturated rings. The van der Waals surface area contributed by atoms with Crippen molar-refractivity contribution in [1.29, 1.82) is 0 Å². The normalized spacial score (nSPS) is 17.6. The molecular weight excluding hydrogens is 324 g/mol. The fraction of sp³-hybridized carbons (Fsp3) is 0.389. The zero-order chi connectivity index (χ0) is 17.1. The van der Waals surface area contributed by atoms with Gasteiger partial charge in [-0.15, -0.1) is 5.10 Å². The van der Waals surface area contributed by atoms with Crippen molar-refractivity contribution in [3.63, 3.8) is 0 Å². The summed E-state index contributed by atoms with van der Waals surface area (Å²) in [4.78, 5) is 14.7. The highest BCUT2D eigenvalue weighted by molar-refractivity contribution is 6.30. The molecule has 0 unspecified atom stereocenters. The highest BCUT2D eigenvalue weighted by Gasteiger charge is 2.26. The Hall–Kier alpha value is -2.14. The first kappa shape index (κ1) is 16.7. The van der Waals surface area contributed by atoms with Gasteiger partial charge < -0.3 is 10.2 Å². The lowest BCUT2D eigenvalue weighted by molar-refractivity contribution is 0.0706. The van der Waals surface area contributed by atoms with Gasteiger partial charge in [-0.3, -0.25) is 4.79 Å². The van der Waals surface area contributed by atoms with E-state index in [4.69, 9.17) is 11.6 Å². The van der Waals surface area contributed by atoms with E-state index in [1.807, 2.05) is 17.0 Å². The van der Waals surface area contributed by atoms with E-state index in [1.165, 1.54) is 17.3 Å². The lowest BCUT2D eigenvalue weighted by Crippen LogP contribution is -2.39. The third kappa shape index (κ3) is 3.51. The summed E-state index contributed by atoms with van der Waals surface area (Å²) >= 11 is 6.06. The van der Waals surface area contributed by atoms with Crippen LogP contribution < -0.4 is 5.32 Å². The van der Waals surface area contributed by atoms with Gasteiger partial charge in [0.25, 0.3) is 5.91 Å². The monoisotopic (exact) mass is 344 g/mol. The van der Waals surface area contributed by atoms with Gasteiger partial charge in [-0.2, -0.15) is 5.10 Å². The highest BCUT2D eigenvalue weighted by atomic mass is 35.5. The number of aryl methyl sites for hydroxylation is 1. The Morgan fingerprint density at radius 3 is 2.96 bits per heavy atom. The fourth-order valence-electron chi connectivity index (χ4n) is 3.30. The second-order valence-electron chi connectivity index (χ2n) is 6.17. The Bertz CT molecular complexity index is 750. The van der Waals surface area contributed by atoms with Crippen LogP contribution in [0.2, 0.25) is 5.02 Å². The van der Waals surface area contributed by atoms with Crippen molar-refractivity contribution < 1.29 is 4.79 Å². The van der Waals surface area contributed by atoms with Gasteiger partial charge in [0.05, 0.1) is 11.8 Å². The molecule has 0 bridgehead atoms. The Kier molecular flexibility index (Phi) is 5.00. The Morgan fingerprint density at radius 2 is 2.21 bits per heavy atom. The van der Waals surface area contributed by atoms with Crippen molar-refractivity contribution in [2.75, 3.05) is 25.5 Å². The van der Waals surface area contributed by atoms with Crippen LogP contribution in [0.25, 0.3) is 0 Å². The maximum absolute atomic E-state index is 12.8. The molecule has 1 saturated heterocycles. The largest absolute Gasteiger partial charge is 0.372 e. The van der Waals surface area contributed by atoms with E-state index < -0.39 is 0 Å². The quantitative estimate of drug-likeness (QED) is 0.925. The summed E-state index contributed by atoms with van der Waals surface area (Å²) in [5.74, 6) is 0.958. The number of hydrogen-bond acceptors (Lipinski definition) is 4. The molecule has 2 aromatic rings. The maximum atomic E-state index is 12.8. The second kappa shape index (κ2) is 7.18. The summed E-state index contributed by atoms with van der Waals surface area (Å²) in [6.07, 6.45) is 3.61. The molecule has 5 nitrogen and oxygen atoms in total. The van der Waals surface area contributed by atoms with Crippen LogP contribution in [-0.4, -0.2) is 41.1 Å². The average molecular weight is 345 g/mol. The highest BCUT2D eigenvalue weighted by Crippen LogP contribution is 2.31. The summed E-state index contributed by atoms with van der Waals surface area (Å²) in [7, 11) is 1.76. The predicted molar refractivity (Wildman–Crippen MR) is 95.6 cm³/mol. The third-order valence-electron chi connectivity index (χ3n) is 4.54. The standard InChI is InChI=1S/C18H21ClN4O/c1-12-8-15(19)5-6-16(12)13-4-3-7-23(11-13)18(24)14-9-17(20-2)22-21-10-14/h5-6,8-10,13H,3-4,7,11H2,1-2H3,(H,20,22)/t13-/m0/s1. The SMILES string of the molecule is CNc1cc(C(=O)N2CCC[C@H](c3ccc(Cl)cc3C)C2)cnn1. The number of anilines is 1. The van der Waals surface area contributed by atoms with Crippen molar-refractivity contribution in [3.05, 3.63) is 52.2 Å². The number of hydrogen-bond donors (Lipinski definition) is 1. The van der Waals surface area contributed by atoms with Crippen molar-refractivity contribution in [3.8, 4) is 0 Å². The van der Waals surface area contributed by atoms with Crippen LogP contribution in [0.1, 0.15) is 40.2 Å². The van der Waals surface area contributed by atoms with Crippen LogP contribution in [0.5, 0.6) is 0 Å². The van der Waals surface area contributed by atoms with Gasteiger partial charge in [0.15, 0.2) is 0 Å². The van der Waals surface area contributed by atoms with Crippen LogP contribution in [0.3, 0.4) is 0 Å². The first-order valence-electron chi connectivity index (χ1n) is 8.14. The number of carbonyl (C=O) groups is 1. The Morgan fingerprint density at radius 1 is 1.38 bits per heavy atom. The third-order valence-corrected chi connectivity index (χ3v) is 4.77. The van der Waals surface area contributed by atoms with E-state index >= 15 is 0 Å². The van der Waals surface area contributed by atoms with Gasteiger partial charge in [0.1, 0.15) is 5.82 Å². The van der Waals surface area contributed by atoms with Crippen LogP contribution in [0.4, 0.5) is 5.82 Å². The topological polar surface area (TPSA) is 58.1 Å². The fourth-order valence-corrected chi connectivity index (χ4v) is 3.53. The molecule has 24 heavy (non-hydrogen) atoms. The van der Waals surface area contributed by atoms with Gasteiger partial charge in [-0.1, -0.05) is 17.7 Å². The van der Waals surface area contributed by atoms with Crippen molar-refractivity contribution in [2.24, 2.45) is 0 Å². The molecule has 0 aliphatic carbocycles. The molecule has 3 rings (SSSR count). The lowest BCUT2D eigenvalue weighted by Gasteiger charge is -2.33. The molecule has 1 aromatic heterocycles. The first-order chi connectivity index (χ1) is 11.6. The molecule has 126 valence electrons. The zero-order valence-electron chi connectivity index (χ0n) is 13.9. The Labute approximate surface area is 147 Å². The van der Waals surface area contributed by atoms with Crippen LogP contribution in [0.15, 0.2) is 30.5 Å². The minimum Gasteiger partial charge on any atom is -0.372 e. The summed E-state index contributed by atoms with van der Waals surface area (Å²) in [6.45, 7) is 3.58. The summed E-state index contributed by atoms with van der Waals surface area (Å²) in [5, 5.41) is 11.5. The molecule has 0 radical (unpaired) electrons. The molecule has 1 N–H and O–H groups in total. The van der Waals surface area contributed by atoms with Crippen LogP contribution in [-0.2, 0) is 0 Å².